The molecule has 0 fully saturated rings. The first-order chi connectivity index (χ1) is 10.2. The maximum Gasteiger partial charge on any atom is 0.293 e. The van der Waals surface area contributed by atoms with Gasteiger partial charge in [0, 0.05) is 19.2 Å². The summed E-state index contributed by atoms with van der Waals surface area (Å²) in [7, 11) is 0. The molecular formula is C18H28N2O2. The molecule has 0 aliphatic rings. The highest BCUT2D eigenvalue weighted by molar-refractivity contribution is 5.68. The molecule has 0 spiro atoms. The van der Waals surface area contributed by atoms with E-state index in [1.807, 2.05) is 32.1 Å². The zero-order valence-electron chi connectivity index (χ0n) is 14.6. The number of anilines is 1. The van der Waals surface area contributed by atoms with Gasteiger partial charge in [-0.2, -0.15) is 0 Å². The van der Waals surface area contributed by atoms with Crippen molar-refractivity contribution in [1.82, 2.24) is 0 Å². The van der Waals surface area contributed by atoms with E-state index >= 15 is 0 Å². The van der Waals surface area contributed by atoms with E-state index in [1.54, 1.807) is 6.07 Å². The lowest BCUT2D eigenvalue weighted by molar-refractivity contribution is -0.384. The van der Waals surface area contributed by atoms with Crippen LogP contribution in [0.2, 0.25) is 0 Å². The van der Waals surface area contributed by atoms with Gasteiger partial charge < -0.3 is 4.90 Å². The van der Waals surface area contributed by atoms with Crippen molar-refractivity contribution >= 4 is 17.5 Å². The van der Waals surface area contributed by atoms with E-state index in [4.69, 9.17) is 0 Å². The van der Waals surface area contributed by atoms with Crippen molar-refractivity contribution in [3.8, 4) is 0 Å². The summed E-state index contributed by atoms with van der Waals surface area (Å²) < 4.78 is 0. The average molecular weight is 304 g/mol. The zero-order chi connectivity index (χ0) is 16.9. The summed E-state index contributed by atoms with van der Waals surface area (Å²) in [6.07, 6.45) is 1.96. The second kappa shape index (κ2) is 7.97. The Balaban J connectivity index is 3.29. The van der Waals surface area contributed by atoms with Crippen LogP contribution in [0.5, 0.6) is 0 Å². The molecule has 0 atom stereocenters. The Morgan fingerprint density at radius 1 is 1.18 bits per heavy atom. The van der Waals surface area contributed by atoms with Crippen molar-refractivity contribution in [2.24, 2.45) is 11.8 Å². The van der Waals surface area contributed by atoms with Crippen molar-refractivity contribution in [3.63, 3.8) is 0 Å². The fourth-order valence-corrected chi connectivity index (χ4v) is 2.53. The Labute approximate surface area is 134 Å². The lowest BCUT2D eigenvalue weighted by atomic mass is 10.1. The predicted molar refractivity (Wildman–Crippen MR) is 94.3 cm³/mol. The summed E-state index contributed by atoms with van der Waals surface area (Å²) in [4.78, 5) is 13.4. The highest BCUT2D eigenvalue weighted by Crippen LogP contribution is 2.31. The van der Waals surface area contributed by atoms with E-state index in [9.17, 15) is 10.1 Å². The van der Waals surface area contributed by atoms with E-state index < -0.39 is 0 Å². The number of nitro groups is 1. The summed E-state index contributed by atoms with van der Waals surface area (Å²) in [6.45, 7) is 14.2. The molecule has 0 bridgehead atoms. The number of benzene rings is 1. The molecule has 0 radical (unpaired) electrons. The van der Waals surface area contributed by atoms with Crippen molar-refractivity contribution in [2.75, 3.05) is 18.0 Å². The van der Waals surface area contributed by atoms with Gasteiger partial charge in [0.15, 0.2) is 0 Å². The quantitative estimate of drug-likeness (QED) is 0.518. The van der Waals surface area contributed by atoms with Gasteiger partial charge in [-0.05, 0) is 37.3 Å². The van der Waals surface area contributed by atoms with E-state index in [0.29, 0.717) is 11.8 Å². The molecule has 0 heterocycles. The van der Waals surface area contributed by atoms with E-state index in [1.165, 1.54) is 0 Å². The van der Waals surface area contributed by atoms with Crippen LogP contribution >= 0.6 is 0 Å². The smallest absolute Gasteiger partial charge is 0.293 e. The van der Waals surface area contributed by atoms with Gasteiger partial charge in [-0.1, -0.05) is 45.4 Å². The van der Waals surface area contributed by atoms with Crippen LogP contribution in [-0.4, -0.2) is 18.0 Å². The third kappa shape index (κ3) is 5.51. The first-order valence-corrected chi connectivity index (χ1v) is 7.89. The predicted octanol–water partition coefficient (Wildman–Crippen LogP) is 5.14. The van der Waals surface area contributed by atoms with Gasteiger partial charge in [0.2, 0.25) is 0 Å². The largest absolute Gasteiger partial charge is 0.365 e. The third-order valence-electron chi connectivity index (χ3n) is 3.16. The van der Waals surface area contributed by atoms with Gasteiger partial charge in [-0.15, -0.1) is 0 Å². The van der Waals surface area contributed by atoms with Crippen LogP contribution in [0, 0.1) is 22.0 Å². The molecule has 0 aromatic heterocycles. The first-order valence-electron chi connectivity index (χ1n) is 7.89. The first kappa shape index (κ1) is 18.2. The third-order valence-corrected chi connectivity index (χ3v) is 3.16. The standard InChI is InChI=1S/C18H28N2O2/c1-13(2)9-16-7-8-17(18(10-16)20(21)22)19(11-14(3)4)12-15(5)6/h7-10,14-15H,11-12H2,1-6H3. The zero-order valence-corrected chi connectivity index (χ0v) is 14.6. The molecule has 1 rings (SSSR count). The summed E-state index contributed by atoms with van der Waals surface area (Å²) in [5.41, 5.74) is 2.92. The Morgan fingerprint density at radius 3 is 2.14 bits per heavy atom. The minimum atomic E-state index is -0.272. The van der Waals surface area contributed by atoms with Gasteiger partial charge in [-0.25, -0.2) is 0 Å². The molecule has 1 aromatic carbocycles. The fourth-order valence-electron chi connectivity index (χ4n) is 2.53. The number of hydrogen-bond acceptors (Lipinski definition) is 3. The van der Waals surface area contributed by atoms with Crippen molar-refractivity contribution in [2.45, 2.75) is 41.5 Å². The van der Waals surface area contributed by atoms with Crippen LogP contribution in [0.1, 0.15) is 47.1 Å². The second-order valence-electron chi connectivity index (χ2n) is 6.92. The molecular weight excluding hydrogens is 276 g/mol. The average Bonchev–Trinajstić information content (AvgIpc) is 2.35. The van der Waals surface area contributed by atoms with Crippen LogP contribution in [0.3, 0.4) is 0 Å². The Hall–Kier alpha value is -1.84. The maximum atomic E-state index is 11.5. The molecule has 0 unspecified atom stereocenters. The minimum Gasteiger partial charge on any atom is -0.365 e. The summed E-state index contributed by atoms with van der Waals surface area (Å²) in [5.74, 6) is 0.909. The number of hydrogen-bond donors (Lipinski definition) is 0. The number of nitrogens with zero attached hydrogens (tertiary/aromatic N) is 2. The summed E-state index contributed by atoms with van der Waals surface area (Å²) in [6, 6.07) is 5.52. The highest BCUT2D eigenvalue weighted by atomic mass is 16.6. The fraction of sp³-hybridized carbons (Fsp3) is 0.556. The molecule has 0 N–H and O–H groups in total. The van der Waals surface area contributed by atoms with Crippen LogP contribution in [0.25, 0.3) is 6.08 Å². The molecule has 1 aromatic rings. The molecule has 0 saturated heterocycles. The number of allylic oxidation sites excluding steroid dienone is 1. The van der Waals surface area contributed by atoms with Gasteiger partial charge in [0.25, 0.3) is 5.69 Å². The van der Waals surface area contributed by atoms with Crippen LogP contribution in [0.4, 0.5) is 11.4 Å². The Morgan fingerprint density at radius 2 is 1.73 bits per heavy atom. The van der Waals surface area contributed by atoms with E-state index in [-0.39, 0.29) is 10.6 Å². The molecule has 122 valence electrons. The normalized spacial score (nSPS) is 10.9. The molecule has 0 aliphatic carbocycles. The topological polar surface area (TPSA) is 46.4 Å². The number of rotatable bonds is 7. The van der Waals surface area contributed by atoms with E-state index in [0.717, 1.165) is 29.9 Å². The molecule has 0 amide bonds. The summed E-state index contributed by atoms with van der Waals surface area (Å²) >= 11 is 0. The van der Waals surface area contributed by atoms with Crippen molar-refractivity contribution in [3.05, 3.63) is 39.4 Å². The van der Waals surface area contributed by atoms with Gasteiger partial charge >= 0.3 is 0 Å². The van der Waals surface area contributed by atoms with Crippen LogP contribution < -0.4 is 4.90 Å². The molecule has 4 heteroatoms. The van der Waals surface area contributed by atoms with Gasteiger partial charge in [0.1, 0.15) is 5.69 Å². The van der Waals surface area contributed by atoms with E-state index in [2.05, 4.69) is 32.6 Å². The van der Waals surface area contributed by atoms with Crippen LogP contribution in [-0.2, 0) is 0 Å². The summed E-state index contributed by atoms with van der Waals surface area (Å²) in [5, 5.41) is 11.5. The van der Waals surface area contributed by atoms with Gasteiger partial charge in [-0.3, -0.25) is 10.1 Å². The molecule has 4 nitrogen and oxygen atoms in total. The lowest BCUT2D eigenvalue weighted by Gasteiger charge is -2.28. The van der Waals surface area contributed by atoms with Crippen LogP contribution in [0.15, 0.2) is 23.8 Å². The highest BCUT2D eigenvalue weighted by Gasteiger charge is 2.21. The monoisotopic (exact) mass is 304 g/mol. The lowest BCUT2D eigenvalue weighted by Crippen LogP contribution is -2.31. The second-order valence-corrected chi connectivity index (χ2v) is 6.92. The van der Waals surface area contributed by atoms with Gasteiger partial charge in [0.05, 0.1) is 4.92 Å². The molecule has 0 aliphatic heterocycles. The molecule has 22 heavy (non-hydrogen) atoms. The SMILES string of the molecule is CC(C)=Cc1ccc(N(CC(C)C)CC(C)C)c([N+](=O)[O-])c1. The van der Waals surface area contributed by atoms with Crippen molar-refractivity contribution < 1.29 is 4.92 Å². The maximum absolute atomic E-state index is 11.5. The van der Waals surface area contributed by atoms with Crippen molar-refractivity contribution in [1.29, 1.82) is 0 Å². The Kier molecular flexibility index (Phi) is 6.60. The Bertz CT molecular complexity index is 534. The number of nitro benzene ring substituents is 1. The molecule has 0 saturated carbocycles. The minimum absolute atomic E-state index is 0.191.